The highest BCUT2D eigenvalue weighted by atomic mass is 32.1. The van der Waals surface area contributed by atoms with Crippen molar-refractivity contribution in [2.75, 3.05) is 25.6 Å². The van der Waals surface area contributed by atoms with E-state index in [1.165, 1.54) is 24.5 Å². The van der Waals surface area contributed by atoms with Gasteiger partial charge in [0.25, 0.3) is 5.91 Å². The molecule has 0 radical (unpaired) electrons. The lowest BCUT2D eigenvalue weighted by molar-refractivity contribution is -0.112. The van der Waals surface area contributed by atoms with Gasteiger partial charge >= 0.3 is 0 Å². The van der Waals surface area contributed by atoms with Gasteiger partial charge in [-0.3, -0.25) is 10.1 Å². The number of nitrogens with one attached hydrogen (secondary N) is 1. The number of carbonyl (C=O) groups is 1. The summed E-state index contributed by atoms with van der Waals surface area (Å²) < 4.78 is 17.2. The van der Waals surface area contributed by atoms with Crippen LogP contribution in [0.2, 0.25) is 0 Å². The van der Waals surface area contributed by atoms with Crippen LogP contribution in [-0.4, -0.2) is 31.2 Å². The predicted octanol–water partition coefficient (Wildman–Crippen LogP) is 4.88. The summed E-state index contributed by atoms with van der Waals surface area (Å²) in [5.74, 6) is 1.28. The van der Waals surface area contributed by atoms with Crippen molar-refractivity contribution < 1.29 is 19.0 Å². The van der Waals surface area contributed by atoms with Crippen molar-refractivity contribution >= 4 is 28.5 Å². The van der Waals surface area contributed by atoms with Gasteiger partial charge in [0.15, 0.2) is 16.6 Å². The molecule has 0 bridgehead atoms. The number of nitriles is 1. The van der Waals surface area contributed by atoms with Crippen LogP contribution in [0.1, 0.15) is 11.1 Å². The van der Waals surface area contributed by atoms with Gasteiger partial charge in [-0.05, 0) is 42.3 Å². The summed E-state index contributed by atoms with van der Waals surface area (Å²) in [4.78, 5) is 16.5. The molecule has 0 unspecified atom stereocenters. The number of allylic oxidation sites excluding steroid dienone is 1. The highest BCUT2D eigenvalue weighted by Crippen LogP contribution is 2.34. The number of ether oxygens (including phenoxy) is 3. The van der Waals surface area contributed by atoms with E-state index in [0.717, 1.165) is 11.3 Å². The van der Waals surface area contributed by atoms with Crippen LogP contribution in [-0.2, 0) is 11.2 Å². The third kappa shape index (κ3) is 6.69. The van der Waals surface area contributed by atoms with Crippen LogP contribution in [0.25, 0.3) is 6.08 Å². The van der Waals surface area contributed by atoms with Crippen molar-refractivity contribution in [2.24, 2.45) is 0 Å². The number of anilines is 1. The Bertz CT molecular complexity index is 1150. The number of thiazole rings is 1. The summed E-state index contributed by atoms with van der Waals surface area (Å²) in [6.45, 7) is 4.48. The minimum absolute atomic E-state index is 0.0539. The zero-order valence-electron chi connectivity index (χ0n) is 18.1. The Morgan fingerprint density at radius 2 is 2.03 bits per heavy atom. The van der Waals surface area contributed by atoms with Crippen LogP contribution in [0.4, 0.5) is 5.13 Å². The SMILES string of the molecule is C=CCc1cc(C=C(C#N)C(=O)Nc2nccs2)cc(OC)c1OCCOc1ccccc1. The molecule has 3 aromatic rings. The Morgan fingerprint density at radius 1 is 1.24 bits per heavy atom. The molecule has 0 aliphatic carbocycles. The van der Waals surface area contributed by atoms with E-state index in [9.17, 15) is 10.1 Å². The molecule has 0 atom stereocenters. The quantitative estimate of drug-likeness (QED) is 0.189. The topological polar surface area (TPSA) is 93.5 Å². The monoisotopic (exact) mass is 461 g/mol. The number of hydrogen-bond donors (Lipinski definition) is 1. The fraction of sp³-hybridized carbons (Fsp3) is 0.160. The fourth-order valence-corrected chi connectivity index (χ4v) is 3.50. The number of carbonyl (C=O) groups excluding carboxylic acids is 1. The molecule has 0 aliphatic heterocycles. The number of rotatable bonds is 11. The molecular weight excluding hydrogens is 438 g/mol. The minimum Gasteiger partial charge on any atom is -0.493 e. The molecule has 1 aromatic heterocycles. The Kier molecular flexibility index (Phi) is 8.63. The van der Waals surface area contributed by atoms with Crippen LogP contribution in [0.5, 0.6) is 17.2 Å². The number of amides is 1. The molecule has 33 heavy (non-hydrogen) atoms. The first-order valence-corrected chi connectivity index (χ1v) is 11.0. The van der Waals surface area contributed by atoms with E-state index in [-0.39, 0.29) is 5.57 Å². The van der Waals surface area contributed by atoms with Crippen LogP contribution < -0.4 is 19.5 Å². The maximum absolute atomic E-state index is 12.4. The van der Waals surface area contributed by atoms with Gasteiger partial charge in [-0.25, -0.2) is 4.98 Å². The molecule has 0 saturated carbocycles. The van der Waals surface area contributed by atoms with Crippen molar-refractivity contribution in [3.63, 3.8) is 0 Å². The Balaban J connectivity index is 1.78. The fourth-order valence-electron chi connectivity index (χ4n) is 2.97. The van der Waals surface area contributed by atoms with Crippen LogP contribution in [0.15, 0.2) is 72.3 Å². The number of hydrogen-bond acceptors (Lipinski definition) is 7. The van der Waals surface area contributed by atoms with Crippen molar-refractivity contribution in [3.8, 4) is 23.3 Å². The molecule has 1 N–H and O–H groups in total. The molecule has 0 saturated heterocycles. The van der Waals surface area contributed by atoms with Crippen LogP contribution in [0, 0.1) is 11.3 Å². The second kappa shape index (κ2) is 12.1. The molecular formula is C25H23N3O4S. The highest BCUT2D eigenvalue weighted by molar-refractivity contribution is 7.13. The van der Waals surface area contributed by atoms with Crippen molar-refractivity contribution in [1.82, 2.24) is 4.98 Å². The van der Waals surface area contributed by atoms with Crippen molar-refractivity contribution in [3.05, 3.63) is 83.4 Å². The summed E-state index contributed by atoms with van der Waals surface area (Å²) in [5.41, 5.74) is 1.39. The smallest absolute Gasteiger partial charge is 0.268 e. The van der Waals surface area contributed by atoms with E-state index in [2.05, 4.69) is 16.9 Å². The van der Waals surface area contributed by atoms with Gasteiger partial charge in [0.1, 0.15) is 30.6 Å². The maximum atomic E-state index is 12.4. The number of para-hydroxylation sites is 1. The summed E-state index contributed by atoms with van der Waals surface area (Å²) in [6.07, 6.45) is 5.34. The van der Waals surface area contributed by atoms with E-state index < -0.39 is 5.91 Å². The van der Waals surface area contributed by atoms with Gasteiger partial charge in [-0.1, -0.05) is 24.3 Å². The molecule has 7 nitrogen and oxygen atoms in total. The van der Waals surface area contributed by atoms with Crippen molar-refractivity contribution in [2.45, 2.75) is 6.42 Å². The van der Waals surface area contributed by atoms with Gasteiger partial charge in [-0.2, -0.15) is 5.26 Å². The summed E-state index contributed by atoms with van der Waals surface area (Å²) in [5, 5.41) is 14.3. The Hall–Kier alpha value is -4.09. The normalized spacial score (nSPS) is 10.7. The largest absolute Gasteiger partial charge is 0.493 e. The summed E-state index contributed by atoms with van der Waals surface area (Å²) in [6, 6.07) is 15.0. The lowest BCUT2D eigenvalue weighted by Gasteiger charge is -2.16. The van der Waals surface area contributed by atoms with E-state index in [1.54, 1.807) is 23.7 Å². The molecule has 0 spiro atoms. The van der Waals surface area contributed by atoms with Gasteiger partial charge in [-0.15, -0.1) is 17.9 Å². The van der Waals surface area contributed by atoms with E-state index in [4.69, 9.17) is 14.2 Å². The van der Waals surface area contributed by atoms with E-state index in [0.29, 0.717) is 41.8 Å². The number of aromatic nitrogens is 1. The molecule has 0 fully saturated rings. The Morgan fingerprint density at radius 3 is 2.70 bits per heavy atom. The third-order valence-corrected chi connectivity index (χ3v) is 5.10. The molecule has 1 heterocycles. The molecule has 168 valence electrons. The molecule has 1 amide bonds. The van der Waals surface area contributed by atoms with Crippen LogP contribution >= 0.6 is 11.3 Å². The first-order valence-electron chi connectivity index (χ1n) is 10.1. The van der Waals surface area contributed by atoms with Crippen LogP contribution in [0.3, 0.4) is 0 Å². The zero-order chi connectivity index (χ0) is 23.5. The third-order valence-electron chi connectivity index (χ3n) is 4.41. The average Bonchev–Trinajstić information content (AvgIpc) is 3.34. The number of methoxy groups -OCH3 is 1. The second-order valence-electron chi connectivity index (χ2n) is 6.68. The molecule has 8 heteroatoms. The lowest BCUT2D eigenvalue weighted by Crippen LogP contribution is -2.13. The second-order valence-corrected chi connectivity index (χ2v) is 7.57. The standard InChI is InChI=1S/C25H23N3O4S/c1-3-7-19-14-18(15-20(17-26)24(29)28-25-27-10-13-33-25)16-22(30-2)23(19)32-12-11-31-21-8-5-4-6-9-21/h3-6,8-10,13-16H,1,7,11-12H2,2H3,(H,27,28,29). The van der Waals surface area contributed by atoms with Gasteiger partial charge in [0, 0.05) is 17.1 Å². The Labute approximate surface area is 196 Å². The predicted molar refractivity (Wildman–Crippen MR) is 129 cm³/mol. The molecule has 3 rings (SSSR count). The van der Waals surface area contributed by atoms with Gasteiger partial charge in [0.05, 0.1) is 7.11 Å². The lowest BCUT2D eigenvalue weighted by atomic mass is 10.0. The van der Waals surface area contributed by atoms with Crippen molar-refractivity contribution in [1.29, 1.82) is 5.26 Å². The van der Waals surface area contributed by atoms with E-state index in [1.807, 2.05) is 42.5 Å². The average molecular weight is 462 g/mol. The summed E-state index contributed by atoms with van der Waals surface area (Å²) >= 11 is 1.27. The number of benzene rings is 2. The summed E-state index contributed by atoms with van der Waals surface area (Å²) in [7, 11) is 1.54. The molecule has 0 aliphatic rings. The maximum Gasteiger partial charge on any atom is 0.268 e. The zero-order valence-corrected chi connectivity index (χ0v) is 18.9. The highest BCUT2D eigenvalue weighted by Gasteiger charge is 2.15. The van der Waals surface area contributed by atoms with Gasteiger partial charge < -0.3 is 14.2 Å². The molecule has 2 aromatic carbocycles. The first-order chi connectivity index (χ1) is 16.1. The minimum atomic E-state index is -0.532. The number of nitrogens with zero attached hydrogens (tertiary/aromatic N) is 2. The van der Waals surface area contributed by atoms with E-state index >= 15 is 0 Å². The first kappa shape index (κ1) is 23.6. The van der Waals surface area contributed by atoms with Gasteiger partial charge in [0.2, 0.25) is 0 Å².